The molecule has 63 valence electrons. The Morgan fingerprint density at radius 2 is 1.70 bits per heavy atom. The van der Waals surface area contributed by atoms with Crippen molar-refractivity contribution in [3.05, 3.63) is 6.92 Å². The van der Waals surface area contributed by atoms with Gasteiger partial charge in [0.25, 0.3) is 0 Å². The molecule has 0 amide bonds. The molecule has 0 saturated heterocycles. The second-order valence-electron chi connectivity index (χ2n) is 2.83. The van der Waals surface area contributed by atoms with Crippen LogP contribution in [-0.4, -0.2) is 37.3 Å². The van der Waals surface area contributed by atoms with Gasteiger partial charge in [0.05, 0.1) is 6.10 Å². The summed E-state index contributed by atoms with van der Waals surface area (Å²) >= 11 is 0. The van der Waals surface area contributed by atoms with Crippen LogP contribution >= 0.6 is 0 Å². The minimum Gasteiger partial charge on any atom is -0.393 e. The largest absolute Gasteiger partial charge is 0.393 e. The molecule has 2 nitrogen and oxygen atoms in total. The van der Waals surface area contributed by atoms with Crippen LogP contribution in [-0.2, 0) is 0 Å². The molecule has 1 atom stereocenters. The fourth-order valence-corrected chi connectivity index (χ4v) is 0.295. The van der Waals surface area contributed by atoms with Crippen LogP contribution in [0.4, 0.5) is 0 Å². The van der Waals surface area contributed by atoms with Crippen LogP contribution in [0.3, 0.4) is 0 Å². The lowest BCUT2D eigenvalue weighted by Gasteiger charge is -1.95. The number of aliphatic hydroxyl groups excluding tert-OH is 1. The highest BCUT2D eigenvalue weighted by atomic mass is 16.3. The average Bonchev–Trinajstić information content (AvgIpc) is 1.62. The van der Waals surface area contributed by atoms with E-state index in [1.54, 1.807) is 6.92 Å². The number of rotatable bonds is 2. The predicted octanol–water partition coefficient (Wildman–Crippen LogP) is 1.16. The molecular weight excluding hydrogens is 126 g/mol. The van der Waals surface area contributed by atoms with E-state index in [-0.39, 0.29) is 6.10 Å². The Labute approximate surface area is 64.9 Å². The van der Waals surface area contributed by atoms with Crippen LogP contribution in [0.5, 0.6) is 0 Å². The molecule has 1 N–H and O–H groups in total. The summed E-state index contributed by atoms with van der Waals surface area (Å²) < 4.78 is 0. The summed E-state index contributed by atoms with van der Waals surface area (Å²) in [4.78, 5) is 2.00. The Hall–Kier alpha value is -0.0800. The Bertz CT molecular complexity index is 50.5. The van der Waals surface area contributed by atoms with Crippen LogP contribution in [0.1, 0.15) is 19.8 Å². The highest BCUT2D eigenvalue weighted by Crippen LogP contribution is 1.90. The fraction of sp³-hybridized carbons (Fsp3) is 0.875. The number of hydrogen-bond donors (Lipinski definition) is 1. The van der Waals surface area contributed by atoms with Gasteiger partial charge in [0.15, 0.2) is 0 Å². The number of nitrogens with zero attached hydrogens (tertiary/aromatic N) is 1. The van der Waals surface area contributed by atoms with Crippen molar-refractivity contribution in [3.8, 4) is 0 Å². The zero-order valence-electron chi connectivity index (χ0n) is 7.59. The van der Waals surface area contributed by atoms with Crippen LogP contribution in [0, 0.1) is 6.92 Å². The van der Waals surface area contributed by atoms with Crippen LogP contribution in [0.2, 0.25) is 0 Å². The van der Waals surface area contributed by atoms with Gasteiger partial charge in [0.1, 0.15) is 0 Å². The van der Waals surface area contributed by atoms with Crippen molar-refractivity contribution in [3.63, 3.8) is 0 Å². The lowest BCUT2D eigenvalue weighted by molar-refractivity contribution is 0.185. The predicted molar refractivity (Wildman–Crippen MR) is 45.9 cm³/mol. The summed E-state index contributed by atoms with van der Waals surface area (Å²) in [7, 11) is 6.00. The number of hydrogen-bond acceptors (Lipinski definition) is 2. The van der Waals surface area contributed by atoms with E-state index >= 15 is 0 Å². The lowest BCUT2D eigenvalue weighted by Crippen LogP contribution is -1.99. The van der Waals surface area contributed by atoms with Crippen molar-refractivity contribution in [2.24, 2.45) is 0 Å². The maximum absolute atomic E-state index is 8.51. The summed E-state index contributed by atoms with van der Waals surface area (Å²) in [6.45, 7) is 5.33. The van der Waals surface area contributed by atoms with Crippen LogP contribution < -0.4 is 0 Å². The SMILES string of the molecule is CN(C)C.[CH2]CCC(C)O. The van der Waals surface area contributed by atoms with Crippen molar-refractivity contribution in [1.82, 2.24) is 4.90 Å². The molecule has 0 rings (SSSR count). The molecule has 0 heterocycles. The second kappa shape index (κ2) is 8.92. The van der Waals surface area contributed by atoms with E-state index in [1.165, 1.54) is 0 Å². The van der Waals surface area contributed by atoms with Crippen LogP contribution in [0.15, 0.2) is 0 Å². The molecule has 2 heteroatoms. The molecule has 0 aromatic carbocycles. The molecule has 1 radical (unpaired) electrons. The molecule has 0 aliphatic carbocycles. The van der Waals surface area contributed by atoms with E-state index in [9.17, 15) is 0 Å². The zero-order chi connectivity index (χ0) is 8.57. The van der Waals surface area contributed by atoms with Crippen molar-refractivity contribution in [2.45, 2.75) is 25.9 Å². The molecule has 0 saturated carbocycles. The molecule has 0 fully saturated rings. The highest BCUT2D eigenvalue weighted by Gasteiger charge is 1.87. The molecule has 0 spiro atoms. The van der Waals surface area contributed by atoms with Gasteiger partial charge in [-0.05, 0) is 34.5 Å². The van der Waals surface area contributed by atoms with Gasteiger partial charge in [-0.1, -0.05) is 13.3 Å². The Balaban J connectivity index is 0. The summed E-state index contributed by atoms with van der Waals surface area (Å²) in [5, 5.41) is 8.51. The van der Waals surface area contributed by atoms with Crippen molar-refractivity contribution < 1.29 is 5.11 Å². The van der Waals surface area contributed by atoms with Crippen molar-refractivity contribution in [1.29, 1.82) is 0 Å². The standard InChI is InChI=1S/C5H11O.C3H9N/c1-3-4-5(2)6;1-4(2)3/h5-6H,1,3-4H2,2H3;1-3H3. The normalized spacial score (nSPS) is 12.3. The third-order valence-corrected chi connectivity index (χ3v) is 0.622. The Morgan fingerprint density at radius 1 is 1.40 bits per heavy atom. The van der Waals surface area contributed by atoms with E-state index < -0.39 is 0 Å². The average molecular weight is 146 g/mol. The summed E-state index contributed by atoms with van der Waals surface area (Å²) in [5.74, 6) is 0. The maximum atomic E-state index is 8.51. The topological polar surface area (TPSA) is 23.5 Å². The molecule has 1 unspecified atom stereocenters. The van der Waals surface area contributed by atoms with Gasteiger partial charge in [0, 0.05) is 0 Å². The number of aliphatic hydroxyl groups is 1. The smallest absolute Gasteiger partial charge is 0.0512 e. The van der Waals surface area contributed by atoms with Crippen molar-refractivity contribution >= 4 is 0 Å². The van der Waals surface area contributed by atoms with Gasteiger partial charge in [-0.2, -0.15) is 0 Å². The first-order valence-electron chi connectivity index (χ1n) is 3.59. The molecule has 10 heavy (non-hydrogen) atoms. The summed E-state index contributed by atoms with van der Waals surface area (Å²) in [6.07, 6.45) is 1.49. The van der Waals surface area contributed by atoms with Crippen LogP contribution in [0.25, 0.3) is 0 Å². The van der Waals surface area contributed by atoms with Crippen molar-refractivity contribution in [2.75, 3.05) is 21.1 Å². The zero-order valence-corrected chi connectivity index (χ0v) is 7.59. The summed E-state index contributed by atoms with van der Waals surface area (Å²) in [5.41, 5.74) is 0. The van der Waals surface area contributed by atoms with Gasteiger partial charge < -0.3 is 10.0 Å². The lowest BCUT2D eigenvalue weighted by atomic mass is 10.2. The second-order valence-corrected chi connectivity index (χ2v) is 2.83. The highest BCUT2D eigenvalue weighted by molar-refractivity contribution is 4.46. The Morgan fingerprint density at radius 3 is 1.70 bits per heavy atom. The molecule has 0 aliphatic heterocycles. The molecule has 0 aromatic heterocycles. The fourth-order valence-electron chi connectivity index (χ4n) is 0.295. The molecular formula is C8H20NO. The summed E-state index contributed by atoms with van der Waals surface area (Å²) in [6, 6.07) is 0. The quantitative estimate of drug-likeness (QED) is 0.632. The van der Waals surface area contributed by atoms with E-state index in [4.69, 9.17) is 5.11 Å². The first-order valence-corrected chi connectivity index (χ1v) is 3.59. The van der Waals surface area contributed by atoms with Gasteiger partial charge in [-0.25, -0.2) is 0 Å². The first-order chi connectivity index (χ1) is 4.50. The molecule has 0 aromatic rings. The third-order valence-electron chi connectivity index (χ3n) is 0.622. The maximum Gasteiger partial charge on any atom is 0.0512 e. The molecule has 0 aliphatic rings. The van der Waals surface area contributed by atoms with E-state index in [0.717, 1.165) is 12.8 Å². The first kappa shape index (κ1) is 12.6. The van der Waals surface area contributed by atoms with Gasteiger partial charge in [0.2, 0.25) is 0 Å². The van der Waals surface area contributed by atoms with Gasteiger partial charge in [-0.3, -0.25) is 0 Å². The van der Waals surface area contributed by atoms with E-state index in [2.05, 4.69) is 6.92 Å². The minimum atomic E-state index is -0.164. The van der Waals surface area contributed by atoms with E-state index in [1.807, 2.05) is 26.0 Å². The Kier molecular flexibility index (Phi) is 11.2. The monoisotopic (exact) mass is 146 g/mol. The van der Waals surface area contributed by atoms with Gasteiger partial charge in [-0.15, -0.1) is 0 Å². The molecule has 0 bridgehead atoms. The van der Waals surface area contributed by atoms with E-state index in [0.29, 0.717) is 0 Å². The van der Waals surface area contributed by atoms with Gasteiger partial charge >= 0.3 is 0 Å². The minimum absolute atomic E-state index is 0.164. The third kappa shape index (κ3) is 44.5.